The number of rotatable bonds is 7. The van der Waals surface area contributed by atoms with Crippen molar-refractivity contribution in [3.8, 4) is 0 Å². The monoisotopic (exact) mass is 383 g/mol. The predicted octanol–water partition coefficient (Wildman–Crippen LogP) is 2.31. The summed E-state index contributed by atoms with van der Waals surface area (Å²) in [5, 5.41) is 0. The van der Waals surface area contributed by atoms with Crippen LogP contribution in [0.15, 0.2) is 0 Å². The first-order valence-electron chi connectivity index (χ1n) is 8.97. The zero-order chi connectivity index (χ0) is 15.8. The molecule has 1 saturated carbocycles. The first kappa shape index (κ1) is 23.9. The summed E-state index contributed by atoms with van der Waals surface area (Å²) >= 11 is 0. The lowest BCUT2D eigenvalue weighted by atomic mass is 9.71. The van der Waals surface area contributed by atoms with E-state index in [-0.39, 0.29) is 30.2 Å². The van der Waals surface area contributed by atoms with E-state index in [1.807, 2.05) is 11.8 Å². The van der Waals surface area contributed by atoms with Gasteiger partial charge in [0.1, 0.15) is 0 Å². The molecule has 2 fully saturated rings. The maximum atomic E-state index is 12.6. The minimum atomic E-state index is 0. The smallest absolute Gasteiger partial charge is 0.223 e. The van der Waals surface area contributed by atoms with Gasteiger partial charge in [-0.1, -0.05) is 19.3 Å². The second kappa shape index (κ2) is 12.3. The van der Waals surface area contributed by atoms with Crippen molar-refractivity contribution in [1.29, 1.82) is 0 Å². The van der Waals surface area contributed by atoms with E-state index in [1.54, 1.807) is 0 Å². The average Bonchev–Trinajstić information content (AvgIpc) is 2.56. The first-order chi connectivity index (χ1) is 10.7. The van der Waals surface area contributed by atoms with Gasteiger partial charge >= 0.3 is 0 Å². The lowest BCUT2D eigenvalue weighted by molar-refractivity contribution is -0.136. The van der Waals surface area contributed by atoms with Gasteiger partial charge in [0.2, 0.25) is 5.91 Å². The van der Waals surface area contributed by atoms with Gasteiger partial charge in [0.05, 0.1) is 6.61 Å². The Labute approximate surface area is 159 Å². The Hall–Kier alpha value is -0.0700. The molecule has 0 aromatic heterocycles. The van der Waals surface area contributed by atoms with E-state index in [0.29, 0.717) is 18.9 Å². The Bertz CT molecular complexity index is 345. The number of nitrogens with zero attached hydrogens (tertiary/aromatic N) is 2. The van der Waals surface area contributed by atoms with Crippen molar-refractivity contribution < 1.29 is 9.53 Å². The molecule has 1 aliphatic carbocycles. The maximum absolute atomic E-state index is 12.6. The number of piperazine rings is 1. The highest BCUT2D eigenvalue weighted by atomic mass is 35.5. The van der Waals surface area contributed by atoms with Crippen LogP contribution >= 0.6 is 24.8 Å². The van der Waals surface area contributed by atoms with E-state index >= 15 is 0 Å². The van der Waals surface area contributed by atoms with Crippen LogP contribution in [0.4, 0.5) is 0 Å². The molecule has 24 heavy (non-hydrogen) atoms. The van der Waals surface area contributed by atoms with E-state index in [1.165, 1.54) is 19.3 Å². The fourth-order valence-corrected chi connectivity index (χ4v) is 3.75. The fraction of sp³-hybridized carbons (Fsp3) is 0.941. The van der Waals surface area contributed by atoms with Gasteiger partial charge in [0.25, 0.3) is 0 Å². The number of ether oxygens (including phenoxy) is 1. The second-order valence-electron chi connectivity index (χ2n) is 6.86. The van der Waals surface area contributed by atoms with Gasteiger partial charge in [-0.25, -0.2) is 0 Å². The molecule has 0 aromatic rings. The minimum absolute atomic E-state index is 0. The van der Waals surface area contributed by atoms with Crippen LogP contribution in [-0.2, 0) is 9.53 Å². The van der Waals surface area contributed by atoms with E-state index in [2.05, 4.69) is 4.90 Å². The van der Waals surface area contributed by atoms with Crippen molar-refractivity contribution in [1.82, 2.24) is 9.80 Å². The molecular formula is C17H35Cl2N3O2. The van der Waals surface area contributed by atoms with E-state index in [4.69, 9.17) is 10.5 Å². The van der Waals surface area contributed by atoms with Crippen molar-refractivity contribution in [2.24, 2.45) is 11.1 Å². The number of carbonyl (C=O) groups is 1. The van der Waals surface area contributed by atoms with Gasteiger partial charge in [0, 0.05) is 45.8 Å². The second-order valence-corrected chi connectivity index (χ2v) is 6.86. The third-order valence-electron chi connectivity index (χ3n) is 5.35. The SMILES string of the molecule is CCOCCN1CCN(C(=O)CC2(CN)CCCCC2)CC1.Cl.Cl. The van der Waals surface area contributed by atoms with Gasteiger partial charge in [-0.3, -0.25) is 9.69 Å². The third-order valence-corrected chi connectivity index (χ3v) is 5.35. The zero-order valence-corrected chi connectivity index (χ0v) is 16.6. The van der Waals surface area contributed by atoms with Crippen molar-refractivity contribution in [2.45, 2.75) is 45.4 Å². The molecule has 2 N–H and O–H groups in total. The van der Waals surface area contributed by atoms with Gasteiger partial charge in [-0.15, -0.1) is 24.8 Å². The van der Waals surface area contributed by atoms with Crippen LogP contribution in [0, 0.1) is 5.41 Å². The maximum Gasteiger partial charge on any atom is 0.223 e. The van der Waals surface area contributed by atoms with Crippen LogP contribution in [0.5, 0.6) is 0 Å². The quantitative estimate of drug-likeness (QED) is 0.685. The summed E-state index contributed by atoms with van der Waals surface area (Å²) in [6.45, 7) is 8.87. The molecule has 0 aromatic carbocycles. The predicted molar refractivity (Wildman–Crippen MR) is 103 cm³/mol. The topological polar surface area (TPSA) is 58.8 Å². The molecule has 2 rings (SSSR count). The summed E-state index contributed by atoms with van der Waals surface area (Å²) in [6, 6.07) is 0. The Morgan fingerprint density at radius 1 is 1.08 bits per heavy atom. The molecule has 0 radical (unpaired) electrons. The van der Waals surface area contributed by atoms with Crippen LogP contribution in [0.3, 0.4) is 0 Å². The molecular weight excluding hydrogens is 349 g/mol. The molecule has 7 heteroatoms. The first-order valence-corrected chi connectivity index (χ1v) is 8.97. The molecule has 1 saturated heterocycles. The van der Waals surface area contributed by atoms with Crippen molar-refractivity contribution in [2.75, 3.05) is 52.5 Å². The highest BCUT2D eigenvalue weighted by molar-refractivity contribution is 5.85. The Balaban J connectivity index is 0.00000264. The molecule has 1 amide bonds. The molecule has 2 aliphatic rings. The van der Waals surface area contributed by atoms with Gasteiger partial charge in [-0.2, -0.15) is 0 Å². The third kappa shape index (κ3) is 7.04. The molecule has 0 unspecified atom stereocenters. The van der Waals surface area contributed by atoms with Crippen LogP contribution in [-0.4, -0.2) is 68.2 Å². The summed E-state index contributed by atoms with van der Waals surface area (Å²) in [6.07, 6.45) is 6.68. The summed E-state index contributed by atoms with van der Waals surface area (Å²) in [5.41, 5.74) is 6.10. The molecule has 0 atom stereocenters. The number of hydrogen-bond acceptors (Lipinski definition) is 4. The highest BCUT2D eigenvalue weighted by Gasteiger charge is 2.35. The highest BCUT2D eigenvalue weighted by Crippen LogP contribution is 2.38. The van der Waals surface area contributed by atoms with Gasteiger partial charge in [0.15, 0.2) is 0 Å². The molecule has 144 valence electrons. The number of carbonyl (C=O) groups excluding carboxylic acids is 1. The zero-order valence-electron chi connectivity index (χ0n) is 15.0. The largest absolute Gasteiger partial charge is 0.380 e. The van der Waals surface area contributed by atoms with E-state index in [0.717, 1.165) is 58.8 Å². The van der Waals surface area contributed by atoms with Crippen molar-refractivity contribution >= 4 is 30.7 Å². The number of hydrogen-bond donors (Lipinski definition) is 1. The molecule has 5 nitrogen and oxygen atoms in total. The van der Waals surface area contributed by atoms with Crippen LogP contribution in [0.2, 0.25) is 0 Å². The number of amides is 1. The van der Waals surface area contributed by atoms with Gasteiger partial charge in [-0.05, 0) is 31.7 Å². The summed E-state index contributed by atoms with van der Waals surface area (Å²) in [4.78, 5) is 17.1. The number of halogens is 2. The van der Waals surface area contributed by atoms with Crippen molar-refractivity contribution in [3.63, 3.8) is 0 Å². The number of nitrogens with two attached hydrogens (primary N) is 1. The normalized spacial score (nSPS) is 20.8. The summed E-state index contributed by atoms with van der Waals surface area (Å²) in [5.74, 6) is 0.316. The Kier molecular flexibility index (Phi) is 12.3. The van der Waals surface area contributed by atoms with Crippen LogP contribution in [0.25, 0.3) is 0 Å². The minimum Gasteiger partial charge on any atom is -0.380 e. The molecule has 0 bridgehead atoms. The lowest BCUT2D eigenvalue weighted by Crippen LogP contribution is -2.50. The van der Waals surface area contributed by atoms with Crippen LogP contribution in [0.1, 0.15) is 45.4 Å². The molecule has 1 aliphatic heterocycles. The van der Waals surface area contributed by atoms with E-state index in [9.17, 15) is 4.79 Å². The van der Waals surface area contributed by atoms with Gasteiger partial charge < -0.3 is 15.4 Å². The molecule has 1 heterocycles. The molecule has 0 spiro atoms. The average molecular weight is 384 g/mol. The fourth-order valence-electron chi connectivity index (χ4n) is 3.75. The lowest BCUT2D eigenvalue weighted by Gasteiger charge is -2.39. The summed E-state index contributed by atoms with van der Waals surface area (Å²) in [7, 11) is 0. The Morgan fingerprint density at radius 2 is 1.71 bits per heavy atom. The van der Waals surface area contributed by atoms with Crippen LogP contribution < -0.4 is 5.73 Å². The standard InChI is InChI=1S/C17H33N3O2.2ClH/c1-2-22-13-12-19-8-10-20(11-9-19)16(21)14-17(15-18)6-4-3-5-7-17;;/h2-15,18H2,1H3;2*1H. The van der Waals surface area contributed by atoms with E-state index < -0.39 is 0 Å². The summed E-state index contributed by atoms with van der Waals surface area (Å²) < 4.78 is 5.40. The van der Waals surface area contributed by atoms with Crippen molar-refractivity contribution in [3.05, 3.63) is 0 Å². The Morgan fingerprint density at radius 3 is 2.25 bits per heavy atom.